The molecule has 0 aliphatic carbocycles. The number of hydrogen-bond donors (Lipinski definition) is 2. The van der Waals surface area contributed by atoms with Gasteiger partial charge in [-0.2, -0.15) is 0 Å². The van der Waals surface area contributed by atoms with E-state index in [1.165, 1.54) is 6.07 Å². The maximum absolute atomic E-state index is 11.6. The van der Waals surface area contributed by atoms with Crippen molar-refractivity contribution in [2.75, 3.05) is 37.3 Å². The van der Waals surface area contributed by atoms with Crippen molar-refractivity contribution >= 4 is 21.4 Å². The topological polar surface area (TPSA) is 92.7 Å². The lowest BCUT2D eigenvalue weighted by Crippen LogP contribution is -2.40. The summed E-state index contributed by atoms with van der Waals surface area (Å²) >= 11 is 0. The zero-order valence-electron chi connectivity index (χ0n) is 12.6. The number of nitrogens with zero attached hydrogens (tertiary/aromatic N) is 2. The van der Waals surface area contributed by atoms with Crippen LogP contribution in [-0.4, -0.2) is 46.0 Å². The van der Waals surface area contributed by atoms with Crippen molar-refractivity contribution in [1.29, 1.82) is 0 Å². The lowest BCUT2D eigenvalue weighted by atomic mass is 10.1. The highest BCUT2D eigenvalue weighted by Gasteiger charge is 2.24. The Bertz CT molecular complexity index is 603. The third kappa shape index (κ3) is 3.66. The van der Waals surface area contributed by atoms with Gasteiger partial charge >= 0.3 is 0 Å². The maximum atomic E-state index is 11.6. The van der Waals surface area contributed by atoms with Crippen LogP contribution < -0.4 is 15.8 Å². The molecule has 4 N–H and O–H groups in total. The Morgan fingerprint density at radius 3 is 2.67 bits per heavy atom. The zero-order valence-corrected chi connectivity index (χ0v) is 13.4. The van der Waals surface area contributed by atoms with Crippen LogP contribution in [0.1, 0.15) is 19.8 Å². The molecule has 1 atom stereocenters. The fourth-order valence-electron chi connectivity index (χ4n) is 2.86. The minimum Gasteiger partial charge on any atom is -0.397 e. The van der Waals surface area contributed by atoms with Gasteiger partial charge in [-0.1, -0.05) is 6.92 Å². The molecule has 1 heterocycles. The van der Waals surface area contributed by atoms with E-state index in [-0.39, 0.29) is 4.90 Å². The van der Waals surface area contributed by atoms with Gasteiger partial charge in [0, 0.05) is 19.1 Å². The third-order valence-electron chi connectivity index (χ3n) is 4.01. The number of nitrogen functional groups attached to an aromatic ring is 1. The number of nitrogens with two attached hydrogens (primary N) is 2. The van der Waals surface area contributed by atoms with Crippen LogP contribution in [0.4, 0.5) is 11.4 Å². The van der Waals surface area contributed by atoms with Gasteiger partial charge in [-0.05, 0) is 44.6 Å². The van der Waals surface area contributed by atoms with E-state index in [4.69, 9.17) is 10.9 Å². The summed E-state index contributed by atoms with van der Waals surface area (Å²) in [6.07, 6.45) is 2.00. The molecule has 0 spiro atoms. The van der Waals surface area contributed by atoms with E-state index in [1.54, 1.807) is 12.1 Å². The van der Waals surface area contributed by atoms with Crippen molar-refractivity contribution in [3.8, 4) is 0 Å². The number of sulfonamides is 1. The van der Waals surface area contributed by atoms with Crippen LogP contribution in [0.2, 0.25) is 0 Å². The molecule has 1 saturated heterocycles. The Morgan fingerprint density at radius 1 is 1.33 bits per heavy atom. The smallest absolute Gasteiger partial charge is 0.238 e. The minimum absolute atomic E-state index is 0.110. The van der Waals surface area contributed by atoms with Crippen molar-refractivity contribution in [2.24, 2.45) is 5.14 Å². The molecule has 1 aromatic carbocycles. The Hall–Kier alpha value is -1.31. The molecule has 1 aromatic rings. The normalized spacial score (nSPS) is 21.3. The van der Waals surface area contributed by atoms with E-state index in [1.807, 2.05) is 0 Å². The van der Waals surface area contributed by atoms with Crippen molar-refractivity contribution in [2.45, 2.75) is 30.7 Å². The Balaban J connectivity index is 2.43. The van der Waals surface area contributed by atoms with Gasteiger partial charge in [-0.3, -0.25) is 0 Å². The predicted molar refractivity (Wildman–Crippen MR) is 85.8 cm³/mol. The minimum atomic E-state index is -3.72. The molecule has 0 saturated carbocycles. The van der Waals surface area contributed by atoms with Crippen molar-refractivity contribution in [3.63, 3.8) is 0 Å². The third-order valence-corrected chi connectivity index (χ3v) is 4.92. The van der Waals surface area contributed by atoms with E-state index in [2.05, 4.69) is 23.8 Å². The van der Waals surface area contributed by atoms with Gasteiger partial charge in [0.15, 0.2) is 0 Å². The van der Waals surface area contributed by atoms with Crippen LogP contribution in [0, 0.1) is 0 Å². The molecule has 21 heavy (non-hydrogen) atoms. The summed E-state index contributed by atoms with van der Waals surface area (Å²) in [6, 6.07) is 4.99. The van der Waals surface area contributed by atoms with Crippen molar-refractivity contribution in [1.82, 2.24) is 4.90 Å². The monoisotopic (exact) mass is 312 g/mol. The van der Waals surface area contributed by atoms with E-state index in [0.717, 1.165) is 38.2 Å². The van der Waals surface area contributed by atoms with E-state index in [0.29, 0.717) is 11.7 Å². The van der Waals surface area contributed by atoms with Crippen molar-refractivity contribution < 1.29 is 8.42 Å². The number of benzene rings is 1. The first-order valence-corrected chi connectivity index (χ1v) is 8.75. The second-order valence-corrected chi connectivity index (χ2v) is 7.20. The highest BCUT2D eigenvalue weighted by atomic mass is 32.2. The van der Waals surface area contributed by atoms with Crippen LogP contribution in [-0.2, 0) is 10.0 Å². The molecule has 7 heteroatoms. The molecule has 0 amide bonds. The van der Waals surface area contributed by atoms with Crippen molar-refractivity contribution in [3.05, 3.63) is 18.2 Å². The molecular weight excluding hydrogens is 288 g/mol. The summed E-state index contributed by atoms with van der Waals surface area (Å²) in [5.74, 6) is 0. The fraction of sp³-hybridized carbons (Fsp3) is 0.571. The Labute approximate surface area is 126 Å². The molecule has 1 aliphatic heterocycles. The van der Waals surface area contributed by atoms with Gasteiger partial charge in [0.05, 0.1) is 16.3 Å². The molecular formula is C14H24N4O2S. The number of likely N-dealkylation sites (N-methyl/N-ethyl adjacent to an activating group) is 1. The SMILES string of the molecule is CCC1CN(C)CCCN1c1cc(S(N)(=O)=O)ccc1N. The first-order valence-electron chi connectivity index (χ1n) is 7.20. The molecule has 1 fully saturated rings. The average Bonchev–Trinajstić information content (AvgIpc) is 2.59. The maximum Gasteiger partial charge on any atom is 0.238 e. The van der Waals surface area contributed by atoms with Gasteiger partial charge in [-0.25, -0.2) is 13.6 Å². The summed E-state index contributed by atoms with van der Waals surface area (Å²) in [4.78, 5) is 4.63. The first-order chi connectivity index (χ1) is 9.82. The second kappa shape index (κ2) is 6.21. The predicted octanol–water partition coefficient (Wildman–Crippen LogP) is 0.837. The van der Waals surface area contributed by atoms with E-state index < -0.39 is 10.0 Å². The highest BCUT2D eigenvalue weighted by Crippen LogP contribution is 2.30. The van der Waals surface area contributed by atoms with Crippen LogP contribution in [0.3, 0.4) is 0 Å². The number of rotatable bonds is 3. The van der Waals surface area contributed by atoms with Crippen LogP contribution in [0.25, 0.3) is 0 Å². The van der Waals surface area contributed by atoms with Gasteiger partial charge < -0.3 is 15.5 Å². The Morgan fingerprint density at radius 2 is 2.05 bits per heavy atom. The van der Waals surface area contributed by atoms with Gasteiger partial charge in [-0.15, -0.1) is 0 Å². The molecule has 0 radical (unpaired) electrons. The quantitative estimate of drug-likeness (QED) is 0.807. The number of anilines is 2. The van der Waals surface area contributed by atoms with Crippen LogP contribution in [0.15, 0.2) is 23.1 Å². The van der Waals surface area contributed by atoms with Crippen LogP contribution >= 0.6 is 0 Å². The molecule has 0 bridgehead atoms. The second-order valence-electron chi connectivity index (χ2n) is 5.64. The van der Waals surface area contributed by atoms with Crippen LogP contribution in [0.5, 0.6) is 0 Å². The Kier molecular flexibility index (Phi) is 4.75. The standard InChI is InChI=1S/C14H24N4O2S/c1-3-11-10-17(2)7-4-8-18(11)14-9-12(21(16,19)20)5-6-13(14)15/h5-6,9,11H,3-4,7-8,10,15H2,1-2H3,(H2,16,19,20). The highest BCUT2D eigenvalue weighted by molar-refractivity contribution is 7.89. The fourth-order valence-corrected chi connectivity index (χ4v) is 3.39. The van der Waals surface area contributed by atoms with Gasteiger partial charge in [0.25, 0.3) is 0 Å². The molecule has 2 rings (SSSR count). The number of hydrogen-bond acceptors (Lipinski definition) is 5. The average molecular weight is 312 g/mol. The van der Waals surface area contributed by atoms with Gasteiger partial charge in [0.1, 0.15) is 0 Å². The molecule has 0 aromatic heterocycles. The molecule has 118 valence electrons. The van der Waals surface area contributed by atoms with Gasteiger partial charge in [0.2, 0.25) is 10.0 Å². The molecule has 1 unspecified atom stereocenters. The summed E-state index contributed by atoms with van der Waals surface area (Å²) in [5, 5.41) is 5.23. The lowest BCUT2D eigenvalue weighted by molar-refractivity contribution is 0.328. The molecule has 1 aliphatic rings. The number of primary sulfonamides is 1. The summed E-state index contributed by atoms with van der Waals surface area (Å²) in [5.41, 5.74) is 7.43. The lowest BCUT2D eigenvalue weighted by Gasteiger charge is -2.33. The summed E-state index contributed by atoms with van der Waals surface area (Å²) in [7, 11) is -1.61. The zero-order chi connectivity index (χ0) is 15.6. The van der Waals surface area contributed by atoms with E-state index >= 15 is 0 Å². The summed E-state index contributed by atoms with van der Waals surface area (Å²) < 4.78 is 23.1. The largest absolute Gasteiger partial charge is 0.397 e. The van der Waals surface area contributed by atoms with E-state index in [9.17, 15) is 8.42 Å². The first kappa shape index (κ1) is 16.1. The summed E-state index contributed by atoms with van der Waals surface area (Å²) in [6.45, 7) is 4.97. The molecule has 6 nitrogen and oxygen atoms in total.